The first-order valence-electron chi connectivity index (χ1n) is 5.40. The molecule has 0 aliphatic heterocycles. The van der Waals surface area contributed by atoms with Crippen LogP contribution in [-0.4, -0.2) is 15.3 Å². The van der Waals surface area contributed by atoms with Crippen molar-refractivity contribution in [2.75, 3.05) is 0 Å². The number of alkyl halides is 1. The van der Waals surface area contributed by atoms with Gasteiger partial charge in [0.2, 0.25) is 11.8 Å². The van der Waals surface area contributed by atoms with Gasteiger partial charge in [0.05, 0.1) is 4.83 Å². The zero-order valence-corrected chi connectivity index (χ0v) is 11.2. The summed E-state index contributed by atoms with van der Waals surface area (Å²) in [5.41, 5.74) is 1.50. The van der Waals surface area contributed by atoms with Gasteiger partial charge in [0.1, 0.15) is 5.75 Å². The molecule has 1 aromatic carbocycles. The zero-order chi connectivity index (χ0) is 12.4. The molecular weight excluding hydrogens is 284 g/mol. The molecule has 0 aliphatic carbocycles. The van der Waals surface area contributed by atoms with Crippen molar-refractivity contribution in [3.05, 3.63) is 29.7 Å². The maximum atomic E-state index is 9.62. The summed E-state index contributed by atoms with van der Waals surface area (Å²) >= 11 is 3.46. The standard InChI is InChI=1S/C12H13BrN2O2/c1-3-9(13)12-15-14-11(17-12)8-5-4-6-10(16)7(8)2/h4-6,9,16H,3H2,1-2H3. The lowest BCUT2D eigenvalue weighted by Crippen LogP contribution is -1.86. The van der Waals surface area contributed by atoms with E-state index in [9.17, 15) is 5.11 Å². The average Bonchev–Trinajstić information content (AvgIpc) is 2.81. The molecule has 0 radical (unpaired) electrons. The molecule has 1 atom stereocenters. The fourth-order valence-corrected chi connectivity index (χ4v) is 1.68. The third-order valence-corrected chi connectivity index (χ3v) is 3.64. The summed E-state index contributed by atoms with van der Waals surface area (Å²) in [5, 5.41) is 17.6. The fraction of sp³-hybridized carbons (Fsp3) is 0.333. The van der Waals surface area contributed by atoms with Gasteiger partial charge in [0.25, 0.3) is 0 Å². The van der Waals surface area contributed by atoms with Crippen molar-refractivity contribution in [2.45, 2.75) is 25.1 Å². The third kappa shape index (κ3) is 2.34. The first-order valence-corrected chi connectivity index (χ1v) is 6.31. The van der Waals surface area contributed by atoms with E-state index in [4.69, 9.17) is 4.42 Å². The molecule has 1 unspecified atom stereocenters. The van der Waals surface area contributed by atoms with E-state index in [1.165, 1.54) is 0 Å². The van der Waals surface area contributed by atoms with Crippen molar-refractivity contribution in [3.8, 4) is 17.2 Å². The Morgan fingerprint density at radius 3 is 2.88 bits per heavy atom. The van der Waals surface area contributed by atoms with Gasteiger partial charge in [-0.25, -0.2) is 0 Å². The van der Waals surface area contributed by atoms with Crippen molar-refractivity contribution in [2.24, 2.45) is 0 Å². The van der Waals surface area contributed by atoms with Crippen LogP contribution in [-0.2, 0) is 0 Å². The van der Waals surface area contributed by atoms with Crippen molar-refractivity contribution in [1.29, 1.82) is 0 Å². The summed E-state index contributed by atoms with van der Waals surface area (Å²) in [5.74, 6) is 1.23. The number of phenols is 1. The maximum absolute atomic E-state index is 9.62. The summed E-state index contributed by atoms with van der Waals surface area (Å²) in [7, 11) is 0. The van der Waals surface area contributed by atoms with Gasteiger partial charge >= 0.3 is 0 Å². The lowest BCUT2D eigenvalue weighted by atomic mass is 10.1. The van der Waals surface area contributed by atoms with Gasteiger partial charge in [0.15, 0.2) is 0 Å². The molecule has 1 aromatic heterocycles. The summed E-state index contributed by atoms with van der Waals surface area (Å²) in [4.78, 5) is 0.0707. The number of benzene rings is 1. The highest BCUT2D eigenvalue weighted by Gasteiger charge is 2.16. The molecular formula is C12H13BrN2O2. The van der Waals surface area contributed by atoms with E-state index in [0.29, 0.717) is 11.8 Å². The predicted molar refractivity (Wildman–Crippen MR) is 68.1 cm³/mol. The Morgan fingerprint density at radius 2 is 2.18 bits per heavy atom. The minimum absolute atomic E-state index is 0.0707. The van der Waals surface area contributed by atoms with Crippen LogP contribution >= 0.6 is 15.9 Å². The van der Waals surface area contributed by atoms with E-state index in [0.717, 1.165) is 17.5 Å². The van der Waals surface area contributed by atoms with Gasteiger partial charge in [-0.3, -0.25) is 0 Å². The van der Waals surface area contributed by atoms with Gasteiger partial charge in [-0.1, -0.05) is 28.9 Å². The molecule has 0 bridgehead atoms. The molecule has 0 saturated carbocycles. The molecule has 1 N–H and O–H groups in total. The second kappa shape index (κ2) is 4.87. The van der Waals surface area contributed by atoms with Crippen LogP contribution in [0.4, 0.5) is 0 Å². The molecule has 0 spiro atoms. The number of nitrogens with zero attached hydrogens (tertiary/aromatic N) is 2. The molecule has 17 heavy (non-hydrogen) atoms. The summed E-state index contributed by atoms with van der Waals surface area (Å²) in [6.07, 6.45) is 0.876. The van der Waals surface area contributed by atoms with Crippen molar-refractivity contribution < 1.29 is 9.52 Å². The van der Waals surface area contributed by atoms with Crippen LogP contribution in [0.1, 0.15) is 29.6 Å². The molecule has 4 nitrogen and oxygen atoms in total. The first kappa shape index (κ1) is 12.1. The van der Waals surface area contributed by atoms with Crippen LogP contribution < -0.4 is 0 Å². The second-order valence-corrected chi connectivity index (χ2v) is 4.88. The second-order valence-electron chi connectivity index (χ2n) is 3.77. The first-order chi connectivity index (χ1) is 8.13. The Hall–Kier alpha value is -1.36. The molecule has 90 valence electrons. The molecule has 5 heteroatoms. The normalized spacial score (nSPS) is 12.6. The number of aromatic nitrogens is 2. The van der Waals surface area contributed by atoms with Crippen LogP contribution in [0.2, 0.25) is 0 Å². The molecule has 0 aliphatic rings. The smallest absolute Gasteiger partial charge is 0.248 e. The van der Waals surface area contributed by atoms with Crippen LogP contribution in [0.3, 0.4) is 0 Å². The van der Waals surface area contributed by atoms with Gasteiger partial charge < -0.3 is 9.52 Å². The van der Waals surface area contributed by atoms with Crippen molar-refractivity contribution in [3.63, 3.8) is 0 Å². The summed E-state index contributed by atoms with van der Waals surface area (Å²) < 4.78 is 5.58. The van der Waals surface area contributed by atoms with Crippen LogP contribution in [0, 0.1) is 6.92 Å². The number of halogens is 1. The monoisotopic (exact) mass is 296 g/mol. The summed E-state index contributed by atoms with van der Waals surface area (Å²) in [6, 6.07) is 5.24. The van der Waals surface area contributed by atoms with E-state index < -0.39 is 0 Å². The minimum Gasteiger partial charge on any atom is -0.508 e. The topological polar surface area (TPSA) is 59.2 Å². The maximum Gasteiger partial charge on any atom is 0.248 e. The van der Waals surface area contributed by atoms with Gasteiger partial charge in [0, 0.05) is 11.1 Å². The Labute approximate surface area is 108 Å². The fourth-order valence-electron chi connectivity index (χ4n) is 1.50. The number of rotatable bonds is 3. The number of hydrogen-bond acceptors (Lipinski definition) is 4. The minimum atomic E-state index is 0.0707. The molecule has 2 rings (SSSR count). The summed E-state index contributed by atoms with van der Waals surface area (Å²) in [6.45, 7) is 3.85. The van der Waals surface area contributed by atoms with E-state index in [1.807, 2.05) is 19.9 Å². The van der Waals surface area contributed by atoms with Gasteiger partial charge in [-0.2, -0.15) is 0 Å². The molecule has 2 aromatic rings. The molecule has 0 saturated heterocycles. The quantitative estimate of drug-likeness (QED) is 0.879. The van der Waals surface area contributed by atoms with Gasteiger partial charge in [-0.15, -0.1) is 10.2 Å². The Kier molecular flexibility index (Phi) is 3.47. The third-order valence-electron chi connectivity index (χ3n) is 2.60. The highest BCUT2D eigenvalue weighted by Crippen LogP contribution is 2.31. The molecule has 1 heterocycles. The Morgan fingerprint density at radius 1 is 1.41 bits per heavy atom. The lowest BCUT2D eigenvalue weighted by molar-refractivity contribution is 0.469. The number of phenolic OH excluding ortho intramolecular Hbond substituents is 1. The molecule has 0 fully saturated rings. The largest absolute Gasteiger partial charge is 0.508 e. The molecule has 0 amide bonds. The highest BCUT2D eigenvalue weighted by atomic mass is 79.9. The lowest BCUT2D eigenvalue weighted by Gasteiger charge is -2.03. The highest BCUT2D eigenvalue weighted by molar-refractivity contribution is 9.09. The van der Waals surface area contributed by atoms with E-state index in [1.54, 1.807) is 12.1 Å². The predicted octanol–water partition coefficient (Wildman–Crippen LogP) is 3.60. The Bertz CT molecular complexity index is 525. The van der Waals surface area contributed by atoms with Crippen molar-refractivity contribution >= 4 is 15.9 Å². The van der Waals surface area contributed by atoms with Crippen LogP contribution in [0.5, 0.6) is 5.75 Å². The number of hydrogen-bond donors (Lipinski definition) is 1. The van der Waals surface area contributed by atoms with Crippen LogP contribution in [0.25, 0.3) is 11.5 Å². The van der Waals surface area contributed by atoms with Gasteiger partial charge in [-0.05, 0) is 25.5 Å². The van der Waals surface area contributed by atoms with E-state index in [2.05, 4.69) is 26.1 Å². The SMILES string of the molecule is CCC(Br)c1nnc(-c2cccc(O)c2C)o1. The Balaban J connectivity index is 2.40. The zero-order valence-electron chi connectivity index (χ0n) is 9.64. The van der Waals surface area contributed by atoms with Crippen molar-refractivity contribution in [1.82, 2.24) is 10.2 Å². The van der Waals surface area contributed by atoms with E-state index >= 15 is 0 Å². The van der Waals surface area contributed by atoms with E-state index in [-0.39, 0.29) is 10.6 Å². The van der Waals surface area contributed by atoms with Crippen LogP contribution in [0.15, 0.2) is 22.6 Å². The average molecular weight is 297 g/mol. The number of aromatic hydroxyl groups is 1.